The number of amides is 1. The summed E-state index contributed by atoms with van der Waals surface area (Å²) in [6, 6.07) is 29.5. The minimum atomic E-state index is -0.507. The molecule has 1 heterocycles. The minimum Gasteiger partial charge on any atom is -0.507 e. The van der Waals surface area contributed by atoms with Crippen LogP contribution in [0.1, 0.15) is 15.9 Å². The van der Waals surface area contributed by atoms with Crippen LogP contribution in [0, 0.1) is 0 Å². The van der Waals surface area contributed by atoms with E-state index >= 15 is 0 Å². The maximum absolute atomic E-state index is 12.1. The zero-order valence-electron chi connectivity index (χ0n) is 16.2. The van der Waals surface area contributed by atoms with E-state index in [0.717, 1.165) is 27.7 Å². The third-order valence-electron chi connectivity index (χ3n) is 5.59. The topological polar surface area (TPSA) is 68.2 Å². The summed E-state index contributed by atoms with van der Waals surface area (Å²) < 4.78 is 2.14. The van der Waals surface area contributed by atoms with Crippen LogP contribution in [-0.4, -0.2) is 15.6 Å². The van der Waals surface area contributed by atoms with Crippen LogP contribution in [-0.2, 0) is 6.54 Å². The number of carbonyl (C=O) groups excluding carboxylic acids is 1. The lowest BCUT2D eigenvalue weighted by Gasteiger charge is -2.13. The zero-order valence-corrected chi connectivity index (χ0v) is 16.2. The molecule has 0 aliphatic rings. The van der Waals surface area contributed by atoms with Crippen LogP contribution in [0.5, 0.6) is 5.75 Å². The highest BCUT2D eigenvalue weighted by Gasteiger charge is 2.19. The average molecular weight is 392 g/mol. The van der Waals surface area contributed by atoms with Gasteiger partial charge in [-0.25, -0.2) is 0 Å². The summed E-state index contributed by atoms with van der Waals surface area (Å²) in [6.07, 6.45) is 0. The Morgan fingerprint density at radius 2 is 1.43 bits per heavy atom. The number of aromatic hydroxyl groups is 1. The summed E-state index contributed by atoms with van der Waals surface area (Å²) in [5, 5.41) is 12.0. The predicted molar refractivity (Wildman–Crippen MR) is 121 cm³/mol. The second-order valence-electron chi connectivity index (χ2n) is 7.34. The van der Waals surface area contributed by atoms with E-state index in [0.29, 0.717) is 22.9 Å². The molecule has 1 aromatic heterocycles. The third-order valence-corrected chi connectivity index (χ3v) is 5.59. The fourth-order valence-corrected chi connectivity index (χ4v) is 4.27. The van der Waals surface area contributed by atoms with Gasteiger partial charge in [0.1, 0.15) is 5.75 Å². The monoisotopic (exact) mass is 392 g/mol. The van der Waals surface area contributed by atoms with E-state index in [4.69, 9.17) is 5.73 Å². The van der Waals surface area contributed by atoms with Crippen LogP contribution in [0.4, 0.5) is 0 Å². The molecular formula is C26H20N2O2. The van der Waals surface area contributed by atoms with Crippen molar-refractivity contribution in [3.8, 4) is 16.9 Å². The van der Waals surface area contributed by atoms with Gasteiger partial charge < -0.3 is 15.4 Å². The quantitative estimate of drug-likeness (QED) is 0.435. The highest BCUT2D eigenvalue weighted by molar-refractivity contribution is 6.19. The Bertz CT molecular complexity index is 1400. The number of nitrogens with zero attached hydrogens (tertiary/aromatic N) is 1. The Morgan fingerprint density at radius 1 is 0.767 bits per heavy atom. The molecule has 1 amide bonds. The molecule has 146 valence electrons. The summed E-state index contributed by atoms with van der Waals surface area (Å²) in [6.45, 7) is 0.594. The fraction of sp³-hybridized carbons (Fsp3) is 0.0385. The molecule has 0 aliphatic heterocycles. The molecule has 0 aliphatic carbocycles. The second kappa shape index (κ2) is 7.08. The average Bonchev–Trinajstić information content (AvgIpc) is 3.09. The Morgan fingerprint density at radius 3 is 2.20 bits per heavy atom. The van der Waals surface area contributed by atoms with E-state index in [2.05, 4.69) is 28.8 Å². The van der Waals surface area contributed by atoms with Crippen LogP contribution in [0.25, 0.3) is 32.9 Å². The Labute approximate surface area is 173 Å². The number of aromatic nitrogens is 1. The van der Waals surface area contributed by atoms with Gasteiger partial charge >= 0.3 is 0 Å². The van der Waals surface area contributed by atoms with E-state index in [9.17, 15) is 9.90 Å². The lowest BCUT2D eigenvalue weighted by atomic mass is 9.99. The van der Waals surface area contributed by atoms with Gasteiger partial charge in [0.15, 0.2) is 0 Å². The van der Waals surface area contributed by atoms with Gasteiger partial charge in [0, 0.05) is 17.5 Å². The van der Waals surface area contributed by atoms with E-state index in [-0.39, 0.29) is 5.75 Å². The lowest BCUT2D eigenvalue weighted by Crippen LogP contribution is -2.11. The molecule has 5 rings (SSSR count). The molecule has 0 unspecified atom stereocenters. The number of hydrogen-bond acceptors (Lipinski definition) is 2. The molecule has 0 radical (unpaired) electrons. The molecule has 5 aromatic rings. The van der Waals surface area contributed by atoms with Gasteiger partial charge in [-0.1, -0.05) is 66.7 Å². The van der Waals surface area contributed by atoms with Crippen molar-refractivity contribution in [3.05, 3.63) is 102 Å². The van der Waals surface area contributed by atoms with E-state index in [1.807, 2.05) is 54.6 Å². The Balaban J connectivity index is 1.79. The highest BCUT2D eigenvalue weighted by atomic mass is 16.3. The third kappa shape index (κ3) is 2.81. The van der Waals surface area contributed by atoms with Crippen molar-refractivity contribution in [2.45, 2.75) is 6.54 Å². The smallest absolute Gasteiger partial charge is 0.249 e. The van der Waals surface area contributed by atoms with E-state index in [1.54, 1.807) is 12.1 Å². The van der Waals surface area contributed by atoms with Crippen molar-refractivity contribution >= 4 is 27.7 Å². The van der Waals surface area contributed by atoms with Crippen molar-refractivity contribution < 1.29 is 9.90 Å². The minimum absolute atomic E-state index is 0.140. The predicted octanol–water partition coefficient (Wildman–Crippen LogP) is 5.31. The highest BCUT2D eigenvalue weighted by Crippen LogP contribution is 2.38. The molecule has 0 fully saturated rings. The molecule has 4 aromatic carbocycles. The summed E-state index contributed by atoms with van der Waals surface area (Å²) in [5.41, 5.74) is 11.2. The largest absolute Gasteiger partial charge is 0.507 e. The van der Waals surface area contributed by atoms with Gasteiger partial charge in [-0.05, 0) is 41.0 Å². The molecule has 0 atom stereocenters. The molecule has 0 saturated heterocycles. The molecular weight excluding hydrogens is 372 g/mol. The van der Waals surface area contributed by atoms with Crippen molar-refractivity contribution in [1.82, 2.24) is 4.57 Å². The summed E-state index contributed by atoms with van der Waals surface area (Å²) in [5.74, 6) is -0.367. The normalized spacial score (nSPS) is 11.2. The van der Waals surface area contributed by atoms with Gasteiger partial charge in [-0.2, -0.15) is 0 Å². The molecule has 30 heavy (non-hydrogen) atoms. The van der Waals surface area contributed by atoms with Crippen LogP contribution in [0.3, 0.4) is 0 Å². The molecule has 0 spiro atoms. The molecule has 0 saturated carbocycles. The fourth-order valence-electron chi connectivity index (χ4n) is 4.27. The van der Waals surface area contributed by atoms with Crippen molar-refractivity contribution in [3.63, 3.8) is 0 Å². The first-order valence-electron chi connectivity index (χ1n) is 9.81. The number of phenols is 1. The lowest BCUT2D eigenvalue weighted by molar-refractivity contribution is 0.100. The van der Waals surface area contributed by atoms with Crippen molar-refractivity contribution in [2.75, 3.05) is 0 Å². The molecule has 4 nitrogen and oxygen atoms in total. The van der Waals surface area contributed by atoms with Crippen molar-refractivity contribution in [2.24, 2.45) is 5.73 Å². The number of carbonyl (C=O) groups is 1. The number of fused-ring (bicyclic) bond motifs is 3. The standard InChI is InChI=1S/C26H20N2O2/c27-26(30)20-12-6-13-21-24(20)25-22(14-7-15-23(25)29)28(21)16-18-10-4-5-11-19(18)17-8-2-1-3-9-17/h1-15,29H,16H2,(H2,27,30). The summed E-state index contributed by atoms with van der Waals surface area (Å²) in [7, 11) is 0. The van der Waals surface area contributed by atoms with Gasteiger partial charge in [-0.15, -0.1) is 0 Å². The molecule has 0 bridgehead atoms. The van der Waals surface area contributed by atoms with Crippen molar-refractivity contribution in [1.29, 1.82) is 0 Å². The first-order valence-corrected chi connectivity index (χ1v) is 9.81. The SMILES string of the molecule is NC(=O)c1cccc2c1c1c(O)cccc1n2Cc1ccccc1-c1ccccc1. The zero-order chi connectivity index (χ0) is 20.7. The van der Waals surface area contributed by atoms with Crippen LogP contribution in [0.15, 0.2) is 91.0 Å². The van der Waals surface area contributed by atoms with Gasteiger partial charge in [0.2, 0.25) is 5.91 Å². The molecule has 4 heteroatoms. The number of primary amides is 1. The second-order valence-corrected chi connectivity index (χ2v) is 7.34. The number of nitrogens with two attached hydrogens (primary N) is 1. The molecule has 3 N–H and O–H groups in total. The number of benzene rings is 4. The van der Waals surface area contributed by atoms with Gasteiger partial charge in [0.25, 0.3) is 0 Å². The summed E-state index contributed by atoms with van der Waals surface area (Å²) in [4.78, 5) is 12.1. The number of hydrogen-bond donors (Lipinski definition) is 2. The maximum Gasteiger partial charge on any atom is 0.249 e. The van der Waals surface area contributed by atoms with Crippen LogP contribution < -0.4 is 5.73 Å². The van der Waals surface area contributed by atoms with Crippen LogP contribution >= 0.6 is 0 Å². The number of phenolic OH excluding ortho intramolecular Hbond substituents is 1. The number of rotatable bonds is 4. The summed E-state index contributed by atoms with van der Waals surface area (Å²) >= 11 is 0. The van der Waals surface area contributed by atoms with Gasteiger partial charge in [0.05, 0.1) is 16.4 Å². The van der Waals surface area contributed by atoms with E-state index in [1.165, 1.54) is 0 Å². The Hall–Kier alpha value is -4.05. The van der Waals surface area contributed by atoms with Crippen LogP contribution in [0.2, 0.25) is 0 Å². The first-order chi connectivity index (χ1) is 14.6. The van der Waals surface area contributed by atoms with E-state index < -0.39 is 5.91 Å². The maximum atomic E-state index is 12.1. The first kappa shape index (κ1) is 18.0. The Kier molecular flexibility index (Phi) is 4.25. The van der Waals surface area contributed by atoms with Gasteiger partial charge in [-0.3, -0.25) is 4.79 Å².